The molecule has 1 aliphatic carbocycles. The number of hydrogen-bond donors (Lipinski definition) is 2. The quantitative estimate of drug-likeness (QED) is 0.846. The molecule has 2 fully saturated rings. The molecular formula is C17H22N2O5. The Kier molecular flexibility index (Phi) is 4.82. The van der Waals surface area contributed by atoms with Crippen molar-refractivity contribution in [3.8, 4) is 0 Å². The lowest BCUT2D eigenvalue weighted by Crippen LogP contribution is -2.66. The number of carboxylic acids is 1. The first-order valence-electron chi connectivity index (χ1n) is 8.25. The molecule has 3 rings (SSSR count). The summed E-state index contributed by atoms with van der Waals surface area (Å²) in [7, 11) is 0. The third-order valence-corrected chi connectivity index (χ3v) is 5.13. The smallest absolute Gasteiger partial charge is 0.337 e. The summed E-state index contributed by atoms with van der Waals surface area (Å²) in [6.45, 7) is 3.97. The zero-order chi connectivity index (χ0) is 17.2. The Morgan fingerprint density at radius 2 is 2.08 bits per heavy atom. The number of rotatable bonds is 5. The van der Waals surface area contributed by atoms with Crippen molar-refractivity contribution in [1.82, 2.24) is 10.3 Å². The van der Waals surface area contributed by atoms with Crippen molar-refractivity contribution in [2.24, 2.45) is 5.41 Å². The minimum Gasteiger partial charge on any atom is -0.478 e. The predicted octanol–water partition coefficient (Wildman–Crippen LogP) is 1.48. The number of aromatic carboxylic acids is 1. The molecule has 130 valence electrons. The van der Waals surface area contributed by atoms with Crippen LogP contribution in [0.1, 0.15) is 46.9 Å². The first-order chi connectivity index (χ1) is 11.6. The molecule has 2 heterocycles. The lowest BCUT2D eigenvalue weighted by molar-refractivity contribution is -0.170. The van der Waals surface area contributed by atoms with E-state index in [1.165, 1.54) is 18.5 Å². The maximum absolute atomic E-state index is 12.5. The van der Waals surface area contributed by atoms with Crippen LogP contribution in [0.3, 0.4) is 0 Å². The van der Waals surface area contributed by atoms with Crippen molar-refractivity contribution in [1.29, 1.82) is 0 Å². The van der Waals surface area contributed by atoms with Crippen LogP contribution < -0.4 is 5.32 Å². The van der Waals surface area contributed by atoms with Gasteiger partial charge < -0.3 is 19.9 Å². The maximum atomic E-state index is 12.5. The largest absolute Gasteiger partial charge is 0.478 e. The molecule has 0 unspecified atom stereocenters. The van der Waals surface area contributed by atoms with Gasteiger partial charge in [0.25, 0.3) is 5.91 Å². The number of carbonyl (C=O) groups excluding carboxylic acids is 1. The molecule has 2 atom stereocenters. The first kappa shape index (κ1) is 16.9. The van der Waals surface area contributed by atoms with Crippen LogP contribution in [-0.4, -0.2) is 53.9 Å². The van der Waals surface area contributed by atoms with E-state index in [1.54, 1.807) is 0 Å². The van der Waals surface area contributed by atoms with Crippen LogP contribution in [-0.2, 0) is 9.47 Å². The number of ether oxygens (including phenoxy) is 2. The molecule has 2 aliphatic rings. The summed E-state index contributed by atoms with van der Waals surface area (Å²) in [5.74, 6) is -1.39. The molecule has 0 aromatic carbocycles. The van der Waals surface area contributed by atoms with Crippen LogP contribution in [0.25, 0.3) is 0 Å². The highest BCUT2D eigenvalue weighted by molar-refractivity contribution is 5.97. The number of carboxylic acid groups (broad SMARTS) is 1. The molecule has 1 aromatic rings. The molecular weight excluding hydrogens is 312 g/mol. The van der Waals surface area contributed by atoms with Crippen molar-refractivity contribution >= 4 is 11.9 Å². The van der Waals surface area contributed by atoms with E-state index in [2.05, 4.69) is 10.3 Å². The van der Waals surface area contributed by atoms with Crippen LogP contribution in [0.5, 0.6) is 0 Å². The Bertz CT molecular complexity index is 627. The average molecular weight is 334 g/mol. The van der Waals surface area contributed by atoms with Crippen molar-refractivity contribution < 1.29 is 24.2 Å². The van der Waals surface area contributed by atoms with Crippen LogP contribution >= 0.6 is 0 Å². The summed E-state index contributed by atoms with van der Waals surface area (Å²) in [4.78, 5) is 27.4. The zero-order valence-corrected chi connectivity index (χ0v) is 13.7. The Morgan fingerprint density at radius 3 is 2.75 bits per heavy atom. The van der Waals surface area contributed by atoms with E-state index < -0.39 is 5.97 Å². The van der Waals surface area contributed by atoms with Crippen molar-refractivity contribution in [3.63, 3.8) is 0 Å². The summed E-state index contributed by atoms with van der Waals surface area (Å²) in [6, 6.07) is 1.36. The Hall–Kier alpha value is -1.99. The number of aromatic nitrogens is 1. The van der Waals surface area contributed by atoms with Gasteiger partial charge in [-0.3, -0.25) is 9.78 Å². The van der Waals surface area contributed by atoms with Gasteiger partial charge in [-0.05, 0) is 32.3 Å². The number of carbonyl (C=O) groups is 2. The summed E-state index contributed by atoms with van der Waals surface area (Å²) >= 11 is 0. The highest BCUT2D eigenvalue weighted by atomic mass is 16.5. The lowest BCUT2D eigenvalue weighted by atomic mass is 9.57. The Labute approximate surface area is 140 Å². The van der Waals surface area contributed by atoms with Crippen LogP contribution in [0.2, 0.25) is 0 Å². The molecule has 1 amide bonds. The van der Waals surface area contributed by atoms with E-state index in [0.717, 1.165) is 19.3 Å². The first-order valence-corrected chi connectivity index (χ1v) is 8.25. The second-order valence-corrected chi connectivity index (χ2v) is 6.32. The van der Waals surface area contributed by atoms with E-state index in [9.17, 15) is 9.59 Å². The maximum Gasteiger partial charge on any atom is 0.337 e. The fourth-order valence-electron chi connectivity index (χ4n) is 3.73. The molecule has 1 aliphatic heterocycles. The second-order valence-electron chi connectivity index (χ2n) is 6.32. The fourth-order valence-corrected chi connectivity index (χ4v) is 3.73. The van der Waals surface area contributed by atoms with Gasteiger partial charge in [-0.2, -0.15) is 0 Å². The molecule has 1 spiro atoms. The van der Waals surface area contributed by atoms with Crippen molar-refractivity contribution in [3.05, 3.63) is 29.6 Å². The standard InChI is InChI=1S/C17H22N2O5/c1-2-24-14-8-13(17(14)3-5-23-6-4-17)19-15(20)11-7-12(16(21)22)10-18-9-11/h7,9-10,13-14H,2-6,8H2,1H3,(H,19,20)(H,21,22)/t13-,14-/m1/s1. The molecule has 1 saturated carbocycles. The number of pyridine rings is 1. The Balaban J connectivity index is 1.72. The molecule has 1 saturated heterocycles. The minimum absolute atomic E-state index is 0.00392. The third-order valence-electron chi connectivity index (χ3n) is 5.13. The highest BCUT2D eigenvalue weighted by Crippen LogP contribution is 2.50. The van der Waals surface area contributed by atoms with E-state index in [1.807, 2.05) is 6.92 Å². The number of nitrogens with zero attached hydrogens (tertiary/aromatic N) is 1. The topological polar surface area (TPSA) is 97.8 Å². The minimum atomic E-state index is -1.10. The van der Waals surface area contributed by atoms with Gasteiger partial charge in [0.05, 0.1) is 17.2 Å². The second kappa shape index (κ2) is 6.86. The summed E-state index contributed by atoms with van der Waals surface area (Å²) in [5, 5.41) is 12.1. The van der Waals surface area contributed by atoms with E-state index in [-0.39, 0.29) is 34.6 Å². The normalized spacial score (nSPS) is 25.0. The van der Waals surface area contributed by atoms with Gasteiger partial charge in [-0.1, -0.05) is 0 Å². The van der Waals surface area contributed by atoms with E-state index in [0.29, 0.717) is 19.8 Å². The van der Waals surface area contributed by atoms with Gasteiger partial charge in [0, 0.05) is 43.7 Å². The van der Waals surface area contributed by atoms with Crippen molar-refractivity contribution in [2.75, 3.05) is 19.8 Å². The molecule has 0 radical (unpaired) electrons. The van der Waals surface area contributed by atoms with Gasteiger partial charge in [0.2, 0.25) is 0 Å². The summed E-state index contributed by atoms with van der Waals surface area (Å²) in [5.41, 5.74) is 0.183. The SMILES string of the molecule is CCO[C@@H]1C[C@@H](NC(=O)c2cncc(C(=O)O)c2)C12CCOCC2. The molecule has 2 N–H and O–H groups in total. The summed E-state index contributed by atoms with van der Waals surface area (Å²) in [6.07, 6.45) is 5.24. The van der Waals surface area contributed by atoms with Gasteiger partial charge in [-0.15, -0.1) is 0 Å². The van der Waals surface area contributed by atoms with Crippen LogP contribution in [0, 0.1) is 5.41 Å². The van der Waals surface area contributed by atoms with Gasteiger partial charge in [-0.25, -0.2) is 4.79 Å². The predicted molar refractivity (Wildman–Crippen MR) is 85.0 cm³/mol. The molecule has 24 heavy (non-hydrogen) atoms. The highest BCUT2D eigenvalue weighted by Gasteiger charge is 2.56. The van der Waals surface area contributed by atoms with Gasteiger partial charge in [0.1, 0.15) is 0 Å². The van der Waals surface area contributed by atoms with Crippen LogP contribution in [0.4, 0.5) is 0 Å². The fraction of sp³-hybridized carbons (Fsp3) is 0.588. The van der Waals surface area contributed by atoms with Gasteiger partial charge >= 0.3 is 5.97 Å². The number of hydrogen-bond acceptors (Lipinski definition) is 5. The third kappa shape index (κ3) is 3.01. The van der Waals surface area contributed by atoms with Gasteiger partial charge in [0.15, 0.2) is 0 Å². The van der Waals surface area contributed by atoms with Crippen LogP contribution in [0.15, 0.2) is 18.5 Å². The Morgan fingerprint density at radius 1 is 1.38 bits per heavy atom. The molecule has 7 heteroatoms. The molecule has 1 aromatic heterocycles. The zero-order valence-electron chi connectivity index (χ0n) is 13.7. The van der Waals surface area contributed by atoms with E-state index >= 15 is 0 Å². The lowest BCUT2D eigenvalue weighted by Gasteiger charge is -2.57. The average Bonchev–Trinajstić information content (AvgIpc) is 2.61. The number of nitrogens with one attached hydrogen (secondary N) is 1. The van der Waals surface area contributed by atoms with Crippen molar-refractivity contribution in [2.45, 2.75) is 38.3 Å². The van der Waals surface area contributed by atoms with E-state index in [4.69, 9.17) is 14.6 Å². The number of amides is 1. The monoisotopic (exact) mass is 334 g/mol. The summed E-state index contributed by atoms with van der Waals surface area (Å²) < 4.78 is 11.3. The molecule has 7 nitrogen and oxygen atoms in total. The molecule has 0 bridgehead atoms.